The van der Waals surface area contributed by atoms with Gasteiger partial charge in [-0.25, -0.2) is 0 Å². The lowest BCUT2D eigenvalue weighted by Gasteiger charge is -1.96. The number of hydrogen-bond donors (Lipinski definition) is 2. The van der Waals surface area contributed by atoms with Crippen LogP contribution in [-0.4, -0.2) is 4.98 Å². The molecule has 0 radical (unpaired) electrons. The molecule has 0 bridgehead atoms. The van der Waals surface area contributed by atoms with Crippen LogP contribution in [0.15, 0.2) is 12.4 Å². The monoisotopic (exact) mass is 146 g/mol. The van der Waals surface area contributed by atoms with Gasteiger partial charge in [0.15, 0.2) is 5.75 Å². The van der Waals surface area contributed by atoms with Gasteiger partial charge >= 0.3 is 0 Å². The van der Waals surface area contributed by atoms with Crippen LogP contribution < -0.4 is 15.3 Å². The second-order valence-electron chi connectivity index (χ2n) is 1.42. The third-order valence-electron chi connectivity index (χ3n) is 0.926. The van der Waals surface area contributed by atoms with Crippen LogP contribution in [0.1, 0.15) is 0 Å². The molecule has 0 saturated carbocycles. The summed E-state index contributed by atoms with van der Waals surface area (Å²) in [4.78, 5) is 7.16. The van der Waals surface area contributed by atoms with Crippen molar-refractivity contribution in [2.75, 3.05) is 0 Å². The zero-order valence-electron chi connectivity index (χ0n) is 4.63. The normalized spacial score (nSPS) is 9.11. The van der Waals surface area contributed by atoms with Gasteiger partial charge in [0.25, 0.3) is 0 Å². The summed E-state index contributed by atoms with van der Waals surface area (Å²) < 4.78 is 4.76. The highest BCUT2D eigenvalue weighted by Crippen LogP contribution is 2.26. The Balaban J connectivity index is 2.85. The van der Waals surface area contributed by atoms with Crippen LogP contribution in [0.2, 0.25) is 0 Å². The molecule has 0 aliphatic rings. The molecule has 0 aromatic carbocycles. The standard InChI is InChI=1S/C4H7N2O2P/c5-7-3-1-6-2-4(3)8-9/h1-2,6H,5,9H2. The average molecular weight is 146 g/mol. The maximum absolute atomic E-state index is 4.86. The molecular weight excluding hydrogens is 139 g/mol. The minimum atomic E-state index is 0.491. The first-order chi connectivity index (χ1) is 4.38. The van der Waals surface area contributed by atoms with E-state index in [1.165, 1.54) is 0 Å². The molecular formula is C4H7N2O2P. The lowest BCUT2D eigenvalue weighted by Crippen LogP contribution is -2.00. The van der Waals surface area contributed by atoms with Crippen LogP contribution in [-0.2, 0) is 0 Å². The Morgan fingerprint density at radius 1 is 1.44 bits per heavy atom. The smallest absolute Gasteiger partial charge is 0.206 e. The van der Waals surface area contributed by atoms with Crippen LogP contribution in [0.4, 0.5) is 0 Å². The van der Waals surface area contributed by atoms with E-state index < -0.39 is 0 Å². The van der Waals surface area contributed by atoms with Crippen molar-refractivity contribution in [3.05, 3.63) is 12.4 Å². The fraction of sp³-hybridized carbons (Fsp3) is 0. The SMILES string of the molecule is NOc1c[nH]cc1OP. The second kappa shape index (κ2) is 2.71. The van der Waals surface area contributed by atoms with Crippen molar-refractivity contribution in [2.24, 2.45) is 5.90 Å². The van der Waals surface area contributed by atoms with Crippen molar-refractivity contribution in [1.82, 2.24) is 4.98 Å². The summed E-state index contributed by atoms with van der Waals surface area (Å²) in [7, 11) is 2.09. The molecule has 0 spiro atoms. The number of nitrogens with one attached hydrogen (secondary N) is 1. The van der Waals surface area contributed by atoms with Gasteiger partial charge in [-0.3, -0.25) is 0 Å². The first-order valence-electron chi connectivity index (χ1n) is 2.28. The van der Waals surface area contributed by atoms with Crippen molar-refractivity contribution in [1.29, 1.82) is 0 Å². The largest absolute Gasteiger partial charge is 0.475 e. The zero-order chi connectivity index (χ0) is 6.69. The summed E-state index contributed by atoms with van der Waals surface area (Å²) in [6.07, 6.45) is 3.23. The van der Waals surface area contributed by atoms with Crippen LogP contribution in [0.5, 0.6) is 11.5 Å². The van der Waals surface area contributed by atoms with Gasteiger partial charge in [-0.1, -0.05) is 0 Å². The summed E-state index contributed by atoms with van der Waals surface area (Å²) in [5.74, 6) is 5.92. The van der Waals surface area contributed by atoms with E-state index in [0.29, 0.717) is 11.5 Å². The molecule has 4 nitrogen and oxygen atoms in total. The summed E-state index contributed by atoms with van der Waals surface area (Å²) in [6, 6.07) is 0. The van der Waals surface area contributed by atoms with Crippen LogP contribution in [0.25, 0.3) is 0 Å². The number of hydrogen-bond acceptors (Lipinski definition) is 3. The van der Waals surface area contributed by atoms with Crippen molar-refractivity contribution < 1.29 is 9.36 Å². The Bertz CT molecular complexity index is 170. The number of nitrogens with two attached hydrogens (primary N) is 1. The average Bonchev–Trinajstić information content (AvgIpc) is 2.33. The maximum Gasteiger partial charge on any atom is 0.206 e. The molecule has 1 aromatic rings. The van der Waals surface area contributed by atoms with Crippen LogP contribution >= 0.6 is 9.47 Å². The third kappa shape index (κ3) is 1.15. The summed E-state index contributed by atoms with van der Waals surface area (Å²) in [5.41, 5.74) is 0. The van der Waals surface area contributed by atoms with Gasteiger partial charge in [0, 0.05) is 6.20 Å². The summed E-state index contributed by atoms with van der Waals surface area (Å²) in [5, 5.41) is 0. The molecule has 50 valence electrons. The molecule has 1 heterocycles. The van der Waals surface area contributed by atoms with Gasteiger partial charge in [-0.05, 0) is 0 Å². The minimum Gasteiger partial charge on any atom is -0.475 e. The van der Waals surface area contributed by atoms with Gasteiger partial charge < -0.3 is 14.3 Å². The molecule has 3 N–H and O–H groups in total. The van der Waals surface area contributed by atoms with E-state index in [2.05, 4.69) is 19.3 Å². The Morgan fingerprint density at radius 2 is 2.11 bits per heavy atom. The lowest BCUT2D eigenvalue weighted by atomic mass is 10.5. The number of H-pyrrole nitrogens is 1. The zero-order valence-corrected chi connectivity index (χ0v) is 5.78. The minimum absolute atomic E-state index is 0.491. The van der Waals surface area contributed by atoms with Gasteiger partial charge in [0.1, 0.15) is 0 Å². The van der Waals surface area contributed by atoms with E-state index in [0.717, 1.165) is 0 Å². The molecule has 5 heteroatoms. The molecule has 0 aliphatic carbocycles. The Morgan fingerprint density at radius 3 is 2.56 bits per heavy atom. The molecule has 9 heavy (non-hydrogen) atoms. The van der Waals surface area contributed by atoms with Crippen molar-refractivity contribution in [3.8, 4) is 11.5 Å². The number of aromatic nitrogens is 1. The Kier molecular flexibility index (Phi) is 1.92. The van der Waals surface area contributed by atoms with E-state index in [1.54, 1.807) is 12.4 Å². The van der Waals surface area contributed by atoms with Crippen molar-refractivity contribution >= 4 is 9.47 Å². The molecule has 1 atom stereocenters. The fourth-order valence-electron chi connectivity index (χ4n) is 0.519. The van der Waals surface area contributed by atoms with E-state index in [4.69, 9.17) is 10.4 Å². The quantitative estimate of drug-likeness (QED) is 0.470. The van der Waals surface area contributed by atoms with Gasteiger partial charge in [0.05, 0.1) is 15.7 Å². The predicted octanol–water partition coefficient (Wildman–Crippen LogP) is 0.436. The molecule has 1 aromatic heterocycles. The number of aromatic amines is 1. The van der Waals surface area contributed by atoms with Crippen molar-refractivity contribution in [3.63, 3.8) is 0 Å². The predicted molar refractivity (Wildman–Crippen MR) is 35.9 cm³/mol. The van der Waals surface area contributed by atoms with Crippen LogP contribution in [0.3, 0.4) is 0 Å². The highest BCUT2D eigenvalue weighted by atomic mass is 31.0. The highest BCUT2D eigenvalue weighted by Gasteiger charge is 2.01. The maximum atomic E-state index is 4.86. The van der Waals surface area contributed by atoms with Crippen molar-refractivity contribution in [2.45, 2.75) is 0 Å². The number of rotatable bonds is 2. The molecule has 0 amide bonds. The summed E-state index contributed by atoms with van der Waals surface area (Å²) >= 11 is 0. The molecule has 1 rings (SSSR count). The van der Waals surface area contributed by atoms with Gasteiger partial charge in [-0.15, -0.1) is 0 Å². The van der Waals surface area contributed by atoms with Gasteiger partial charge in [-0.2, -0.15) is 5.90 Å². The first-order valence-corrected chi connectivity index (χ1v) is 2.76. The molecule has 0 fully saturated rings. The Labute approximate surface area is 54.6 Å². The fourth-order valence-corrected chi connectivity index (χ4v) is 0.704. The van der Waals surface area contributed by atoms with E-state index in [9.17, 15) is 0 Å². The lowest BCUT2D eigenvalue weighted by molar-refractivity contribution is 0.326. The van der Waals surface area contributed by atoms with E-state index >= 15 is 0 Å². The van der Waals surface area contributed by atoms with Gasteiger partial charge in [0.2, 0.25) is 5.75 Å². The molecule has 0 aliphatic heterocycles. The van der Waals surface area contributed by atoms with E-state index in [-0.39, 0.29) is 0 Å². The highest BCUT2D eigenvalue weighted by molar-refractivity contribution is 7.10. The summed E-state index contributed by atoms with van der Waals surface area (Å²) in [6.45, 7) is 0. The molecule has 1 unspecified atom stereocenters. The second-order valence-corrected chi connectivity index (χ2v) is 1.66. The topological polar surface area (TPSA) is 60.3 Å². The molecule has 0 saturated heterocycles. The van der Waals surface area contributed by atoms with E-state index in [1.807, 2.05) is 0 Å². The first kappa shape index (κ1) is 6.39. The van der Waals surface area contributed by atoms with Crippen LogP contribution in [0, 0.1) is 0 Å². The Hall–Kier alpha value is -0.730. The third-order valence-corrected chi connectivity index (χ3v) is 1.18.